The summed E-state index contributed by atoms with van der Waals surface area (Å²) in [6, 6.07) is 3.97. The van der Waals surface area contributed by atoms with Gasteiger partial charge in [0.15, 0.2) is 0 Å². The molecule has 0 aliphatic heterocycles. The van der Waals surface area contributed by atoms with Gasteiger partial charge in [-0.2, -0.15) is 0 Å². The molecule has 3 heteroatoms. The van der Waals surface area contributed by atoms with Gasteiger partial charge >= 0.3 is 0 Å². The van der Waals surface area contributed by atoms with Crippen LogP contribution in [0.4, 0.5) is 0 Å². The molecule has 0 unspecified atom stereocenters. The number of hydrogen-bond acceptors (Lipinski definition) is 2. The third-order valence-corrected chi connectivity index (χ3v) is 2.36. The van der Waals surface area contributed by atoms with Crippen LogP contribution >= 0.6 is 0 Å². The minimum absolute atomic E-state index is 0.480. The second-order valence-electron chi connectivity index (χ2n) is 3.34. The molecule has 2 heterocycles. The summed E-state index contributed by atoms with van der Waals surface area (Å²) in [6.45, 7) is 4.42. The van der Waals surface area contributed by atoms with Crippen molar-refractivity contribution in [1.82, 2.24) is 9.55 Å². The largest absolute Gasteiger partial charge is 0.335 e. The SMILES string of the molecule is C=C(CN)c1cn(C)c2ncccc12. The molecular weight excluding hydrogens is 174 g/mol. The Balaban J connectivity index is 2.72. The lowest BCUT2D eigenvalue weighted by Crippen LogP contribution is -2.00. The van der Waals surface area contributed by atoms with Crippen molar-refractivity contribution in [3.05, 3.63) is 36.7 Å². The molecule has 2 aromatic rings. The number of nitrogens with two attached hydrogens (primary N) is 1. The van der Waals surface area contributed by atoms with Crippen molar-refractivity contribution < 1.29 is 0 Å². The third kappa shape index (κ3) is 1.22. The van der Waals surface area contributed by atoms with Gasteiger partial charge in [0.25, 0.3) is 0 Å². The third-order valence-electron chi connectivity index (χ3n) is 2.36. The standard InChI is InChI=1S/C11H13N3/c1-8(6-12)10-7-14(2)11-9(10)4-3-5-13-11/h3-5,7H,1,6,12H2,2H3. The Bertz CT molecular complexity index is 482. The van der Waals surface area contributed by atoms with E-state index in [4.69, 9.17) is 5.73 Å². The van der Waals surface area contributed by atoms with Gasteiger partial charge in [0, 0.05) is 36.9 Å². The zero-order chi connectivity index (χ0) is 10.1. The van der Waals surface area contributed by atoms with Crippen molar-refractivity contribution >= 4 is 16.6 Å². The Morgan fingerprint density at radius 3 is 3.14 bits per heavy atom. The first-order chi connectivity index (χ1) is 6.74. The molecule has 0 saturated heterocycles. The number of nitrogens with zero attached hydrogens (tertiary/aromatic N) is 2. The second-order valence-corrected chi connectivity index (χ2v) is 3.34. The summed E-state index contributed by atoms with van der Waals surface area (Å²) in [7, 11) is 1.97. The lowest BCUT2D eigenvalue weighted by molar-refractivity contribution is 0.946. The van der Waals surface area contributed by atoms with Crippen LogP contribution in [0.2, 0.25) is 0 Å². The minimum atomic E-state index is 0.480. The summed E-state index contributed by atoms with van der Waals surface area (Å²) in [5.41, 5.74) is 8.59. The summed E-state index contributed by atoms with van der Waals surface area (Å²) in [5.74, 6) is 0. The monoisotopic (exact) mass is 187 g/mol. The van der Waals surface area contributed by atoms with E-state index in [0.29, 0.717) is 6.54 Å². The maximum absolute atomic E-state index is 5.58. The van der Waals surface area contributed by atoms with Crippen LogP contribution < -0.4 is 5.73 Å². The zero-order valence-corrected chi connectivity index (χ0v) is 8.20. The summed E-state index contributed by atoms with van der Waals surface area (Å²) in [4.78, 5) is 4.30. The Morgan fingerprint density at radius 1 is 1.64 bits per heavy atom. The molecule has 0 aliphatic carbocycles. The van der Waals surface area contributed by atoms with E-state index in [1.54, 1.807) is 6.20 Å². The van der Waals surface area contributed by atoms with Crippen molar-refractivity contribution in [2.45, 2.75) is 0 Å². The van der Waals surface area contributed by atoms with Gasteiger partial charge in [-0.25, -0.2) is 4.98 Å². The fraction of sp³-hybridized carbons (Fsp3) is 0.182. The van der Waals surface area contributed by atoms with E-state index in [2.05, 4.69) is 11.6 Å². The highest BCUT2D eigenvalue weighted by Gasteiger charge is 2.07. The van der Waals surface area contributed by atoms with Gasteiger partial charge in [-0.15, -0.1) is 0 Å². The summed E-state index contributed by atoms with van der Waals surface area (Å²) < 4.78 is 1.99. The molecule has 0 saturated carbocycles. The maximum Gasteiger partial charge on any atom is 0.140 e. The summed E-state index contributed by atoms with van der Waals surface area (Å²) in [5, 5.41) is 1.12. The van der Waals surface area contributed by atoms with Crippen LogP contribution in [0.3, 0.4) is 0 Å². The molecule has 2 rings (SSSR count). The van der Waals surface area contributed by atoms with E-state index in [-0.39, 0.29) is 0 Å². The van der Waals surface area contributed by atoms with Gasteiger partial charge < -0.3 is 10.3 Å². The molecular formula is C11H13N3. The van der Waals surface area contributed by atoms with E-state index in [1.807, 2.05) is 29.9 Å². The van der Waals surface area contributed by atoms with Gasteiger partial charge in [-0.05, 0) is 17.7 Å². The fourth-order valence-corrected chi connectivity index (χ4v) is 1.60. The van der Waals surface area contributed by atoms with Gasteiger partial charge in [-0.3, -0.25) is 0 Å². The first kappa shape index (κ1) is 8.97. The van der Waals surface area contributed by atoms with Crippen LogP contribution in [0.15, 0.2) is 31.1 Å². The lowest BCUT2D eigenvalue weighted by Gasteiger charge is -1.98. The quantitative estimate of drug-likeness (QED) is 0.775. The van der Waals surface area contributed by atoms with Crippen LogP contribution in [-0.4, -0.2) is 16.1 Å². The van der Waals surface area contributed by atoms with Crippen LogP contribution in [0.25, 0.3) is 16.6 Å². The number of fused-ring (bicyclic) bond motifs is 1. The number of aromatic nitrogens is 2. The molecule has 0 amide bonds. The van der Waals surface area contributed by atoms with E-state index < -0.39 is 0 Å². The highest BCUT2D eigenvalue weighted by atomic mass is 15.0. The number of rotatable bonds is 2. The highest BCUT2D eigenvalue weighted by molar-refractivity contribution is 5.90. The summed E-state index contributed by atoms with van der Waals surface area (Å²) in [6.07, 6.45) is 3.81. The van der Waals surface area contributed by atoms with Crippen LogP contribution in [0, 0.1) is 0 Å². The molecule has 0 fully saturated rings. The van der Waals surface area contributed by atoms with Gasteiger partial charge in [0.1, 0.15) is 5.65 Å². The molecule has 0 radical (unpaired) electrons. The molecule has 0 atom stereocenters. The first-order valence-electron chi connectivity index (χ1n) is 4.52. The maximum atomic E-state index is 5.58. The van der Waals surface area contributed by atoms with Crippen molar-refractivity contribution in [1.29, 1.82) is 0 Å². The van der Waals surface area contributed by atoms with Crippen molar-refractivity contribution in [2.75, 3.05) is 6.54 Å². The molecule has 2 aromatic heterocycles. The molecule has 0 aliphatic rings. The fourth-order valence-electron chi connectivity index (χ4n) is 1.60. The average Bonchev–Trinajstić information content (AvgIpc) is 2.56. The van der Waals surface area contributed by atoms with Gasteiger partial charge in [-0.1, -0.05) is 6.58 Å². The van der Waals surface area contributed by atoms with Crippen LogP contribution in [0.5, 0.6) is 0 Å². The van der Waals surface area contributed by atoms with E-state index in [9.17, 15) is 0 Å². The smallest absolute Gasteiger partial charge is 0.140 e. The average molecular weight is 187 g/mol. The zero-order valence-electron chi connectivity index (χ0n) is 8.20. The van der Waals surface area contributed by atoms with Gasteiger partial charge in [0.2, 0.25) is 0 Å². The predicted octanol–water partition coefficient (Wildman–Crippen LogP) is 1.55. The molecule has 0 bridgehead atoms. The molecule has 2 N–H and O–H groups in total. The highest BCUT2D eigenvalue weighted by Crippen LogP contribution is 2.23. The second kappa shape index (κ2) is 3.27. The number of hydrogen-bond donors (Lipinski definition) is 1. The van der Waals surface area contributed by atoms with Gasteiger partial charge in [0.05, 0.1) is 0 Å². The Labute approximate surface area is 82.9 Å². The Morgan fingerprint density at radius 2 is 2.43 bits per heavy atom. The van der Waals surface area contributed by atoms with E-state index in [1.165, 1.54) is 0 Å². The van der Waals surface area contributed by atoms with Crippen molar-refractivity contribution in [3.8, 4) is 0 Å². The molecule has 0 spiro atoms. The van der Waals surface area contributed by atoms with E-state index >= 15 is 0 Å². The lowest BCUT2D eigenvalue weighted by atomic mass is 10.1. The predicted molar refractivity (Wildman–Crippen MR) is 58.8 cm³/mol. The first-order valence-corrected chi connectivity index (χ1v) is 4.52. The molecule has 0 aromatic carbocycles. The van der Waals surface area contributed by atoms with Crippen molar-refractivity contribution in [3.63, 3.8) is 0 Å². The number of aryl methyl sites for hydroxylation is 1. The molecule has 72 valence electrons. The minimum Gasteiger partial charge on any atom is -0.335 e. The number of pyridine rings is 1. The molecule has 3 nitrogen and oxygen atoms in total. The molecule has 14 heavy (non-hydrogen) atoms. The Hall–Kier alpha value is -1.61. The Kier molecular flexibility index (Phi) is 2.09. The van der Waals surface area contributed by atoms with Crippen molar-refractivity contribution in [2.24, 2.45) is 12.8 Å². The van der Waals surface area contributed by atoms with Crippen LogP contribution in [-0.2, 0) is 7.05 Å². The van der Waals surface area contributed by atoms with E-state index in [0.717, 1.165) is 22.2 Å². The van der Waals surface area contributed by atoms with Crippen LogP contribution in [0.1, 0.15) is 5.56 Å². The summed E-state index contributed by atoms with van der Waals surface area (Å²) >= 11 is 0. The topological polar surface area (TPSA) is 43.8 Å². The normalized spacial score (nSPS) is 10.7.